The van der Waals surface area contributed by atoms with Gasteiger partial charge in [0.05, 0.1) is 10.6 Å². The van der Waals surface area contributed by atoms with Crippen LogP contribution in [0.1, 0.15) is 17.4 Å². The van der Waals surface area contributed by atoms with Gasteiger partial charge in [-0.3, -0.25) is 9.56 Å². The first-order valence-electron chi connectivity index (χ1n) is 8.19. The molecule has 0 atom stereocenters. The molecule has 0 bridgehead atoms. The van der Waals surface area contributed by atoms with Crippen molar-refractivity contribution in [3.63, 3.8) is 0 Å². The molecular formula is C20H15F2N3OS. The van der Waals surface area contributed by atoms with Crippen LogP contribution in [0.15, 0.2) is 52.4 Å². The second-order valence-electron chi connectivity index (χ2n) is 6.11. The molecule has 0 fully saturated rings. The molecule has 3 aromatic rings. The standard InChI is InChI=1S/C20H15F2N3OS/c1-11-14(13-5-3-4-6-16(13)23-11)10-18-19(26)25(2)20(27-18)24-17-8-7-12(21)9-15(17)22/h3-10,26H,1-2H3/b14-10+,24-20?. The van der Waals surface area contributed by atoms with Gasteiger partial charge in [0.15, 0.2) is 10.6 Å². The predicted octanol–water partition coefficient (Wildman–Crippen LogP) is 4.95. The highest BCUT2D eigenvalue weighted by Crippen LogP contribution is 2.37. The smallest absolute Gasteiger partial charge is 0.210 e. The predicted molar refractivity (Wildman–Crippen MR) is 104 cm³/mol. The van der Waals surface area contributed by atoms with E-state index >= 15 is 0 Å². The molecule has 1 aromatic heterocycles. The van der Waals surface area contributed by atoms with Crippen LogP contribution in [-0.2, 0) is 7.05 Å². The molecule has 136 valence electrons. The summed E-state index contributed by atoms with van der Waals surface area (Å²) in [4.78, 5) is 9.73. The number of thiazole rings is 1. The Labute approximate surface area is 158 Å². The maximum absolute atomic E-state index is 13.9. The summed E-state index contributed by atoms with van der Waals surface area (Å²) in [6.45, 7) is 1.91. The van der Waals surface area contributed by atoms with Crippen molar-refractivity contribution < 1.29 is 13.9 Å². The molecule has 1 aliphatic heterocycles. The van der Waals surface area contributed by atoms with Gasteiger partial charge < -0.3 is 5.11 Å². The van der Waals surface area contributed by atoms with Crippen LogP contribution in [0, 0.1) is 11.6 Å². The van der Waals surface area contributed by atoms with E-state index in [2.05, 4.69) is 9.98 Å². The highest BCUT2D eigenvalue weighted by molar-refractivity contribution is 7.10. The Bertz CT molecular complexity index is 1190. The van der Waals surface area contributed by atoms with E-state index in [1.54, 1.807) is 7.05 Å². The molecule has 27 heavy (non-hydrogen) atoms. The second-order valence-corrected chi connectivity index (χ2v) is 7.12. The molecule has 0 saturated carbocycles. The summed E-state index contributed by atoms with van der Waals surface area (Å²) in [5, 5.41) is 10.5. The SMILES string of the molecule is CC1=Nc2ccccc2/C1=C/c1sc(=Nc2ccc(F)cc2F)n(C)c1O. The van der Waals surface area contributed by atoms with E-state index in [0.29, 0.717) is 9.68 Å². The van der Waals surface area contributed by atoms with Crippen LogP contribution < -0.4 is 4.80 Å². The summed E-state index contributed by atoms with van der Waals surface area (Å²) in [5.74, 6) is -1.40. The van der Waals surface area contributed by atoms with Crippen LogP contribution in [0.25, 0.3) is 11.6 Å². The molecule has 0 unspecified atom stereocenters. The number of fused-ring (bicyclic) bond motifs is 1. The maximum Gasteiger partial charge on any atom is 0.210 e. The first-order chi connectivity index (χ1) is 12.9. The Morgan fingerprint density at radius 3 is 2.74 bits per heavy atom. The summed E-state index contributed by atoms with van der Waals surface area (Å²) >= 11 is 1.21. The number of aromatic hydroxyl groups is 1. The van der Waals surface area contributed by atoms with Crippen LogP contribution in [-0.4, -0.2) is 15.4 Å². The fourth-order valence-electron chi connectivity index (χ4n) is 2.88. The third-order valence-electron chi connectivity index (χ3n) is 4.30. The topological polar surface area (TPSA) is 49.9 Å². The molecule has 0 aliphatic carbocycles. The van der Waals surface area contributed by atoms with Gasteiger partial charge in [-0.15, -0.1) is 0 Å². The van der Waals surface area contributed by atoms with Crippen LogP contribution in [0.2, 0.25) is 0 Å². The zero-order valence-electron chi connectivity index (χ0n) is 14.6. The van der Waals surface area contributed by atoms with Crippen molar-refractivity contribution in [3.05, 3.63) is 69.3 Å². The molecule has 1 aliphatic rings. The molecule has 0 spiro atoms. The van der Waals surface area contributed by atoms with E-state index < -0.39 is 11.6 Å². The van der Waals surface area contributed by atoms with Crippen LogP contribution in [0.3, 0.4) is 0 Å². The number of para-hydroxylation sites is 1. The molecule has 2 aromatic carbocycles. The summed E-state index contributed by atoms with van der Waals surface area (Å²) in [7, 11) is 1.64. The minimum Gasteiger partial charge on any atom is -0.493 e. The van der Waals surface area contributed by atoms with Gasteiger partial charge in [-0.2, -0.15) is 0 Å². The average molecular weight is 383 g/mol. The summed E-state index contributed by atoms with van der Waals surface area (Å²) in [6.07, 6.45) is 1.85. The van der Waals surface area contributed by atoms with Crippen LogP contribution >= 0.6 is 11.3 Å². The molecule has 1 N–H and O–H groups in total. The van der Waals surface area contributed by atoms with Gasteiger partial charge in [-0.05, 0) is 31.2 Å². The van der Waals surface area contributed by atoms with Gasteiger partial charge in [0.25, 0.3) is 0 Å². The summed E-state index contributed by atoms with van der Waals surface area (Å²) in [6, 6.07) is 11.0. The van der Waals surface area contributed by atoms with Crippen molar-refractivity contribution >= 4 is 40.1 Å². The normalized spacial score (nSPS) is 15.3. The fourth-order valence-corrected chi connectivity index (χ4v) is 3.85. The highest BCUT2D eigenvalue weighted by Gasteiger charge is 2.19. The first-order valence-corrected chi connectivity index (χ1v) is 9.01. The zero-order valence-corrected chi connectivity index (χ0v) is 15.4. The van der Waals surface area contributed by atoms with Crippen molar-refractivity contribution in [2.45, 2.75) is 6.92 Å². The maximum atomic E-state index is 13.9. The Kier molecular flexibility index (Phi) is 4.24. The monoisotopic (exact) mass is 383 g/mol. The quantitative estimate of drug-likeness (QED) is 0.669. The average Bonchev–Trinajstić information content (AvgIpc) is 3.09. The summed E-state index contributed by atoms with van der Waals surface area (Å²) < 4.78 is 28.4. The molecule has 4 nitrogen and oxygen atoms in total. The molecule has 0 saturated heterocycles. The van der Waals surface area contributed by atoms with Crippen LogP contribution in [0.4, 0.5) is 20.2 Å². The molecular weight excluding hydrogens is 368 g/mol. The van der Waals surface area contributed by atoms with E-state index in [-0.39, 0.29) is 11.6 Å². The lowest BCUT2D eigenvalue weighted by atomic mass is 10.0. The number of aliphatic imine (C=N–C) groups is 1. The van der Waals surface area contributed by atoms with Gasteiger partial charge >= 0.3 is 0 Å². The fraction of sp³-hybridized carbons (Fsp3) is 0.100. The molecule has 2 heterocycles. The number of allylic oxidation sites excluding steroid dienone is 1. The lowest BCUT2D eigenvalue weighted by Gasteiger charge is -2.01. The van der Waals surface area contributed by atoms with E-state index in [1.807, 2.05) is 37.3 Å². The van der Waals surface area contributed by atoms with E-state index in [0.717, 1.165) is 34.7 Å². The summed E-state index contributed by atoms with van der Waals surface area (Å²) in [5.41, 5.74) is 3.67. The van der Waals surface area contributed by atoms with Crippen molar-refractivity contribution in [3.8, 4) is 5.88 Å². The number of rotatable bonds is 2. The number of halogens is 2. The number of hydrogen-bond acceptors (Lipinski definition) is 4. The van der Waals surface area contributed by atoms with Gasteiger partial charge in [0.2, 0.25) is 5.88 Å². The van der Waals surface area contributed by atoms with Crippen molar-refractivity contribution in [1.82, 2.24) is 4.57 Å². The zero-order chi connectivity index (χ0) is 19.1. The minimum absolute atomic E-state index is 0.0106. The van der Waals surface area contributed by atoms with Gasteiger partial charge in [0.1, 0.15) is 11.5 Å². The Morgan fingerprint density at radius 2 is 1.96 bits per heavy atom. The number of hydrogen-bond donors (Lipinski definition) is 1. The Balaban J connectivity index is 1.82. The number of benzene rings is 2. The van der Waals surface area contributed by atoms with E-state index in [1.165, 1.54) is 22.0 Å². The molecule has 4 rings (SSSR count). The third kappa shape index (κ3) is 3.10. The lowest BCUT2D eigenvalue weighted by Crippen LogP contribution is -2.09. The second kappa shape index (κ2) is 6.59. The van der Waals surface area contributed by atoms with Gasteiger partial charge in [0, 0.05) is 30.0 Å². The number of aromatic nitrogens is 1. The van der Waals surface area contributed by atoms with Crippen molar-refractivity contribution in [2.24, 2.45) is 17.0 Å². The molecule has 0 amide bonds. The van der Waals surface area contributed by atoms with E-state index in [9.17, 15) is 13.9 Å². The Morgan fingerprint density at radius 1 is 1.19 bits per heavy atom. The Hall–Kier alpha value is -3.06. The number of nitrogens with zero attached hydrogens (tertiary/aromatic N) is 3. The van der Waals surface area contributed by atoms with Crippen molar-refractivity contribution in [2.75, 3.05) is 0 Å². The molecule has 0 radical (unpaired) electrons. The molecule has 7 heteroatoms. The minimum atomic E-state index is -0.754. The van der Waals surface area contributed by atoms with Crippen LogP contribution in [0.5, 0.6) is 5.88 Å². The van der Waals surface area contributed by atoms with Crippen molar-refractivity contribution in [1.29, 1.82) is 0 Å². The largest absolute Gasteiger partial charge is 0.493 e. The third-order valence-corrected chi connectivity index (χ3v) is 5.37. The van der Waals surface area contributed by atoms with Gasteiger partial charge in [-0.1, -0.05) is 29.5 Å². The highest BCUT2D eigenvalue weighted by atomic mass is 32.1. The van der Waals surface area contributed by atoms with E-state index in [4.69, 9.17) is 0 Å². The first kappa shape index (κ1) is 17.4. The lowest BCUT2D eigenvalue weighted by molar-refractivity contribution is 0.427. The van der Waals surface area contributed by atoms with Gasteiger partial charge in [-0.25, -0.2) is 13.8 Å².